The molecule has 0 aliphatic rings. The third-order valence-electron chi connectivity index (χ3n) is 9.28. The fraction of sp³-hybridized carbons (Fsp3) is 0.500. The van der Waals surface area contributed by atoms with Crippen LogP contribution in [0.25, 0.3) is 0 Å². The SMILES string of the molecule is CC(C)c1cccc(C(C)C)c1[O-].CC(C)c1cccc(C(C)C)c1[O-].CC(C)c1cccc(C(C)C)c1[O-].CC(C)c1cccc(C(C)C)c1[O-].[Ti+4]. The van der Waals surface area contributed by atoms with Crippen molar-refractivity contribution in [2.45, 2.75) is 158 Å². The number of hydrogen-bond donors (Lipinski definition) is 0. The summed E-state index contributed by atoms with van der Waals surface area (Å²) in [6, 6.07) is 23.3. The van der Waals surface area contributed by atoms with Crippen LogP contribution in [0.2, 0.25) is 0 Å². The van der Waals surface area contributed by atoms with Crippen molar-refractivity contribution in [2.75, 3.05) is 0 Å². The molecule has 0 aromatic heterocycles. The smallest absolute Gasteiger partial charge is 0.872 e. The maximum Gasteiger partial charge on any atom is 4.00 e. The summed E-state index contributed by atoms with van der Waals surface area (Å²) in [5.41, 5.74) is 7.49. The van der Waals surface area contributed by atoms with Crippen LogP contribution < -0.4 is 20.4 Å². The predicted molar refractivity (Wildman–Crippen MR) is 216 cm³/mol. The molecule has 4 aromatic carbocycles. The van der Waals surface area contributed by atoms with Gasteiger partial charge in [-0.2, -0.15) is 0 Å². The molecule has 0 heterocycles. The van der Waals surface area contributed by atoms with Crippen molar-refractivity contribution in [3.8, 4) is 23.0 Å². The van der Waals surface area contributed by atoms with E-state index in [4.69, 9.17) is 0 Å². The van der Waals surface area contributed by atoms with Crippen LogP contribution in [0, 0.1) is 0 Å². The molecule has 0 atom stereocenters. The van der Waals surface area contributed by atoms with Gasteiger partial charge in [-0.25, -0.2) is 0 Å². The summed E-state index contributed by atoms with van der Waals surface area (Å²) in [4.78, 5) is 0. The Morgan fingerprint density at radius 1 is 0.245 bits per heavy atom. The molecule has 4 aromatic rings. The van der Waals surface area contributed by atoms with Gasteiger partial charge in [0, 0.05) is 0 Å². The minimum absolute atomic E-state index is 0. The van der Waals surface area contributed by atoms with Crippen molar-refractivity contribution in [1.29, 1.82) is 0 Å². The van der Waals surface area contributed by atoms with Crippen LogP contribution in [0.3, 0.4) is 0 Å². The van der Waals surface area contributed by atoms with Gasteiger partial charge in [0.2, 0.25) is 0 Å². The molecule has 0 radical (unpaired) electrons. The van der Waals surface area contributed by atoms with E-state index in [0.29, 0.717) is 47.3 Å². The molecule has 0 aliphatic carbocycles. The van der Waals surface area contributed by atoms with Crippen LogP contribution in [-0.4, -0.2) is 0 Å². The van der Waals surface area contributed by atoms with E-state index in [0.717, 1.165) is 44.5 Å². The molecule has 53 heavy (non-hydrogen) atoms. The summed E-state index contributed by atoms with van der Waals surface area (Å²) < 4.78 is 0. The monoisotopic (exact) mass is 756 g/mol. The first kappa shape index (κ1) is 49.8. The summed E-state index contributed by atoms with van der Waals surface area (Å²) in [6.07, 6.45) is 0. The van der Waals surface area contributed by atoms with Crippen LogP contribution in [0.5, 0.6) is 23.0 Å². The number of rotatable bonds is 8. The second-order valence-corrected chi connectivity index (χ2v) is 16.3. The molecule has 0 unspecified atom stereocenters. The fourth-order valence-electron chi connectivity index (χ4n) is 5.93. The van der Waals surface area contributed by atoms with E-state index in [1.54, 1.807) is 0 Å². The molecule has 0 fully saturated rings. The second kappa shape index (κ2) is 23.6. The summed E-state index contributed by atoms with van der Waals surface area (Å²) >= 11 is 0. The molecule has 0 aliphatic heterocycles. The number of para-hydroxylation sites is 4. The van der Waals surface area contributed by atoms with Crippen LogP contribution in [0.15, 0.2) is 72.8 Å². The summed E-state index contributed by atoms with van der Waals surface area (Å²) in [7, 11) is 0. The quantitative estimate of drug-likeness (QED) is 0.167. The zero-order valence-corrected chi connectivity index (χ0v) is 37.2. The van der Waals surface area contributed by atoms with Crippen LogP contribution in [0.4, 0.5) is 0 Å². The largest absolute Gasteiger partial charge is 4.00 e. The molecule has 288 valence electrons. The molecule has 4 nitrogen and oxygen atoms in total. The van der Waals surface area contributed by atoms with Crippen molar-refractivity contribution >= 4 is 0 Å². The Morgan fingerprint density at radius 2 is 0.340 bits per heavy atom. The van der Waals surface area contributed by atoms with Gasteiger partial charge in [0.25, 0.3) is 0 Å². The van der Waals surface area contributed by atoms with E-state index < -0.39 is 0 Å². The van der Waals surface area contributed by atoms with Gasteiger partial charge in [0.1, 0.15) is 0 Å². The van der Waals surface area contributed by atoms with Crippen LogP contribution >= 0.6 is 0 Å². The normalized spacial score (nSPS) is 11.0. The minimum Gasteiger partial charge on any atom is -0.872 e. The Morgan fingerprint density at radius 3 is 0.415 bits per heavy atom. The van der Waals surface area contributed by atoms with Gasteiger partial charge in [0.15, 0.2) is 0 Å². The van der Waals surface area contributed by atoms with Crippen LogP contribution in [0.1, 0.15) is 203 Å². The van der Waals surface area contributed by atoms with Crippen molar-refractivity contribution in [1.82, 2.24) is 0 Å². The summed E-state index contributed by atoms with van der Waals surface area (Å²) in [6.45, 7) is 32.9. The Balaban J connectivity index is 0.000000676. The molecule has 0 amide bonds. The van der Waals surface area contributed by atoms with E-state index in [1.807, 2.05) is 72.8 Å². The summed E-state index contributed by atoms with van der Waals surface area (Å²) in [5, 5.41) is 47.4. The third kappa shape index (κ3) is 14.9. The van der Waals surface area contributed by atoms with E-state index in [-0.39, 0.29) is 44.7 Å². The molecule has 5 heteroatoms. The minimum atomic E-state index is 0. The van der Waals surface area contributed by atoms with Crippen molar-refractivity contribution in [3.05, 3.63) is 117 Å². The van der Waals surface area contributed by atoms with Gasteiger partial charge in [-0.05, 0) is 47.3 Å². The third-order valence-corrected chi connectivity index (χ3v) is 9.28. The Labute approximate surface area is 339 Å². The molecule has 0 N–H and O–H groups in total. The van der Waals surface area contributed by atoms with E-state index in [1.165, 1.54) is 0 Å². The van der Waals surface area contributed by atoms with E-state index in [9.17, 15) is 20.4 Å². The van der Waals surface area contributed by atoms with Gasteiger partial charge in [0.05, 0.1) is 0 Å². The first-order chi connectivity index (χ1) is 24.1. The number of hydrogen-bond acceptors (Lipinski definition) is 4. The number of benzene rings is 4. The zero-order valence-electron chi connectivity index (χ0n) is 35.7. The zero-order chi connectivity index (χ0) is 40.0. The fourth-order valence-corrected chi connectivity index (χ4v) is 5.93. The molecule has 0 bridgehead atoms. The molecule has 0 spiro atoms. The van der Waals surface area contributed by atoms with Gasteiger partial charge in [-0.1, -0.05) is 228 Å². The van der Waals surface area contributed by atoms with Gasteiger partial charge in [-0.15, -0.1) is 23.0 Å². The van der Waals surface area contributed by atoms with E-state index >= 15 is 0 Å². The Kier molecular flexibility index (Phi) is 22.1. The Hall–Kier alpha value is -3.21. The van der Waals surface area contributed by atoms with Gasteiger partial charge >= 0.3 is 21.7 Å². The topological polar surface area (TPSA) is 92.2 Å². The van der Waals surface area contributed by atoms with Crippen molar-refractivity contribution in [3.63, 3.8) is 0 Å². The average molecular weight is 757 g/mol. The first-order valence-electron chi connectivity index (χ1n) is 19.3. The molecular weight excluding hydrogens is 688 g/mol. The molecule has 0 saturated heterocycles. The average Bonchev–Trinajstić information content (AvgIpc) is 3.05. The van der Waals surface area contributed by atoms with Crippen molar-refractivity contribution in [2.24, 2.45) is 0 Å². The van der Waals surface area contributed by atoms with Crippen molar-refractivity contribution < 1.29 is 42.1 Å². The van der Waals surface area contributed by atoms with Crippen LogP contribution in [-0.2, 0) is 21.7 Å². The maximum absolute atomic E-state index is 11.9. The first-order valence-corrected chi connectivity index (χ1v) is 19.3. The van der Waals surface area contributed by atoms with Gasteiger partial charge in [-0.3, -0.25) is 0 Å². The van der Waals surface area contributed by atoms with Gasteiger partial charge < -0.3 is 20.4 Å². The summed E-state index contributed by atoms with van der Waals surface area (Å²) in [5.74, 6) is 3.52. The second-order valence-electron chi connectivity index (χ2n) is 16.3. The standard InChI is InChI=1S/4C12H18O.Ti/c4*1-8(2)10-6-5-7-11(9(3)4)12(10)13;/h4*5-9,13H,1-4H3;/q;;;;+4/p-4. The van der Waals surface area contributed by atoms with E-state index in [2.05, 4.69) is 111 Å². The predicted octanol–water partition coefficient (Wildman–Crippen LogP) is 12.0. The molecular formula is C48H68O4Ti. The maximum atomic E-state index is 11.9. The Bertz CT molecular complexity index is 1300. The molecule has 4 rings (SSSR count). The molecule has 0 saturated carbocycles.